The highest BCUT2D eigenvalue weighted by Gasteiger charge is 2.21. The second kappa shape index (κ2) is 9.10. The second-order valence-corrected chi connectivity index (χ2v) is 10.6. The largest absolute Gasteiger partial charge is 0.0716 e. The summed E-state index contributed by atoms with van der Waals surface area (Å²) >= 11 is 0. The Morgan fingerprint density at radius 2 is 0.778 bits per heavy atom. The zero-order valence-electron chi connectivity index (χ0n) is 20.9. The highest BCUT2D eigenvalue weighted by Crippen LogP contribution is 2.38. The van der Waals surface area contributed by atoms with Crippen LogP contribution in [0.2, 0.25) is 0 Å². The molecule has 8 rings (SSSR count). The van der Waals surface area contributed by atoms with E-state index in [1.54, 1.807) is 22.3 Å². The van der Waals surface area contributed by atoms with E-state index in [1.165, 1.54) is 83.1 Å². The molecular weight excluding hydrogens is 432 g/mol. The summed E-state index contributed by atoms with van der Waals surface area (Å²) in [6.45, 7) is 0. The van der Waals surface area contributed by atoms with E-state index in [2.05, 4.69) is 97.1 Å². The molecule has 0 amide bonds. The van der Waals surface area contributed by atoms with Crippen LogP contribution in [0.5, 0.6) is 0 Å². The molecule has 4 aliphatic carbocycles. The van der Waals surface area contributed by atoms with E-state index in [1.807, 2.05) is 0 Å². The van der Waals surface area contributed by atoms with Gasteiger partial charge < -0.3 is 0 Å². The second-order valence-electron chi connectivity index (χ2n) is 10.6. The molecule has 176 valence electrons. The zero-order valence-corrected chi connectivity index (χ0v) is 20.9. The van der Waals surface area contributed by atoms with Gasteiger partial charge in [-0.25, -0.2) is 0 Å². The van der Waals surface area contributed by atoms with Gasteiger partial charge in [0.2, 0.25) is 0 Å². The molecule has 0 bridgehead atoms. The van der Waals surface area contributed by atoms with Crippen LogP contribution in [0.15, 0.2) is 97.1 Å². The molecule has 0 fully saturated rings. The summed E-state index contributed by atoms with van der Waals surface area (Å²) in [6, 6.07) is 31.3. The molecule has 0 saturated heterocycles. The van der Waals surface area contributed by atoms with E-state index in [4.69, 9.17) is 0 Å². The maximum absolute atomic E-state index is 2.45. The number of hydrogen-bond donors (Lipinski definition) is 0. The molecule has 4 aromatic rings. The quantitative estimate of drug-likeness (QED) is 0.280. The average molecular weight is 465 g/mol. The van der Waals surface area contributed by atoms with Gasteiger partial charge in [-0.2, -0.15) is 0 Å². The molecule has 0 atom stereocenters. The Bertz CT molecular complexity index is 1380. The third kappa shape index (κ3) is 3.86. The molecule has 0 heterocycles. The molecule has 0 unspecified atom stereocenters. The SMILES string of the molecule is C1=C(c2ccccc2)c2cc3c(cc2C1)CCC3.C1=C(c2ccccc2)c2cc3c(cc2C1)CCC3. The van der Waals surface area contributed by atoms with Crippen LogP contribution in [0.1, 0.15) is 68.5 Å². The van der Waals surface area contributed by atoms with E-state index in [-0.39, 0.29) is 0 Å². The lowest BCUT2D eigenvalue weighted by atomic mass is 9.95. The normalized spacial score (nSPS) is 16.3. The molecule has 0 heteroatoms. The van der Waals surface area contributed by atoms with E-state index >= 15 is 0 Å². The molecule has 4 aliphatic rings. The summed E-state index contributed by atoms with van der Waals surface area (Å²) in [6.07, 6.45) is 14.7. The van der Waals surface area contributed by atoms with Crippen molar-refractivity contribution in [2.75, 3.05) is 0 Å². The van der Waals surface area contributed by atoms with Crippen molar-refractivity contribution in [2.45, 2.75) is 51.4 Å². The maximum atomic E-state index is 2.45. The van der Waals surface area contributed by atoms with Crippen molar-refractivity contribution in [1.29, 1.82) is 0 Å². The van der Waals surface area contributed by atoms with Crippen LogP contribution in [0, 0.1) is 0 Å². The van der Waals surface area contributed by atoms with Gasteiger partial charge in [0.25, 0.3) is 0 Å². The molecule has 36 heavy (non-hydrogen) atoms. The van der Waals surface area contributed by atoms with Gasteiger partial charge in [-0.1, -0.05) is 97.1 Å². The van der Waals surface area contributed by atoms with Crippen molar-refractivity contribution in [2.24, 2.45) is 0 Å². The molecule has 0 aromatic heterocycles. The van der Waals surface area contributed by atoms with Crippen LogP contribution < -0.4 is 0 Å². The summed E-state index contributed by atoms with van der Waals surface area (Å²) in [7, 11) is 0. The van der Waals surface area contributed by atoms with Crippen molar-refractivity contribution in [3.63, 3.8) is 0 Å². The predicted octanol–water partition coefficient (Wildman–Crippen LogP) is 8.33. The minimum Gasteiger partial charge on any atom is -0.0716 e. The first-order valence-electron chi connectivity index (χ1n) is 13.6. The van der Waals surface area contributed by atoms with Crippen molar-refractivity contribution >= 4 is 11.1 Å². The summed E-state index contributed by atoms with van der Waals surface area (Å²) in [5.74, 6) is 0. The average Bonchev–Trinajstić information content (AvgIpc) is 3.73. The number of fused-ring (bicyclic) bond motifs is 4. The molecule has 0 radical (unpaired) electrons. The molecule has 4 aromatic carbocycles. The summed E-state index contributed by atoms with van der Waals surface area (Å²) < 4.78 is 0. The van der Waals surface area contributed by atoms with Crippen molar-refractivity contribution in [3.05, 3.63) is 153 Å². The topological polar surface area (TPSA) is 0 Å². The Kier molecular flexibility index (Phi) is 5.47. The number of rotatable bonds is 2. The van der Waals surface area contributed by atoms with Crippen molar-refractivity contribution in [3.8, 4) is 0 Å². The summed E-state index contributed by atoms with van der Waals surface area (Å²) in [5.41, 5.74) is 17.9. The number of benzene rings is 4. The van der Waals surface area contributed by atoms with Crippen LogP contribution in [0.3, 0.4) is 0 Å². The van der Waals surface area contributed by atoms with E-state index in [9.17, 15) is 0 Å². The van der Waals surface area contributed by atoms with E-state index in [0.29, 0.717) is 0 Å². The summed E-state index contributed by atoms with van der Waals surface area (Å²) in [5, 5.41) is 0. The Morgan fingerprint density at radius 1 is 0.389 bits per heavy atom. The first kappa shape index (κ1) is 21.6. The fraction of sp³-hybridized carbons (Fsp3) is 0.222. The highest BCUT2D eigenvalue weighted by molar-refractivity contribution is 5.86. The standard InChI is InChI=1S/2C18H16/c2*1-2-5-13(6-3-1)17-10-9-16-11-14-7-4-8-15(14)12-18(16)17/h2*1-3,5-6,10-12H,4,7-9H2. The molecule has 0 nitrogen and oxygen atoms in total. The van der Waals surface area contributed by atoms with Gasteiger partial charge in [-0.3, -0.25) is 0 Å². The van der Waals surface area contributed by atoms with Gasteiger partial charge in [0.05, 0.1) is 0 Å². The lowest BCUT2D eigenvalue weighted by Crippen LogP contribution is -1.91. The maximum Gasteiger partial charge on any atom is -0.00818 e. The Hall–Kier alpha value is -3.64. The van der Waals surface area contributed by atoms with Crippen LogP contribution in [-0.4, -0.2) is 0 Å². The predicted molar refractivity (Wildman–Crippen MR) is 151 cm³/mol. The molecule has 0 saturated carbocycles. The Labute approximate surface area is 215 Å². The molecule has 0 N–H and O–H groups in total. The molecule has 0 aliphatic heterocycles. The van der Waals surface area contributed by atoms with Gasteiger partial charge in [0, 0.05) is 0 Å². The van der Waals surface area contributed by atoms with E-state index in [0.717, 1.165) is 12.8 Å². The number of allylic oxidation sites excluding steroid dienone is 2. The first-order chi connectivity index (χ1) is 17.8. The number of aryl methyl sites for hydroxylation is 4. The van der Waals surface area contributed by atoms with Crippen LogP contribution in [0.4, 0.5) is 0 Å². The zero-order chi connectivity index (χ0) is 23.9. The minimum atomic E-state index is 1.10. The van der Waals surface area contributed by atoms with Gasteiger partial charge in [-0.15, -0.1) is 0 Å². The van der Waals surface area contributed by atoms with Gasteiger partial charge in [0.1, 0.15) is 0 Å². The van der Waals surface area contributed by atoms with E-state index < -0.39 is 0 Å². The summed E-state index contributed by atoms with van der Waals surface area (Å²) in [4.78, 5) is 0. The fourth-order valence-electron chi connectivity index (χ4n) is 6.62. The third-order valence-electron chi connectivity index (χ3n) is 8.44. The van der Waals surface area contributed by atoms with Crippen molar-refractivity contribution < 1.29 is 0 Å². The third-order valence-corrected chi connectivity index (χ3v) is 8.44. The Balaban J connectivity index is 0.000000122. The Morgan fingerprint density at radius 3 is 1.19 bits per heavy atom. The monoisotopic (exact) mass is 464 g/mol. The van der Waals surface area contributed by atoms with Crippen LogP contribution in [0.25, 0.3) is 11.1 Å². The number of hydrogen-bond acceptors (Lipinski definition) is 0. The van der Waals surface area contributed by atoms with Gasteiger partial charge >= 0.3 is 0 Å². The van der Waals surface area contributed by atoms with Crippen LogP contribution >= 0.6 is 0 Å². The first-order valence-corrected chi connectivity index (χ1v) is 13.6. The lowest BCUT2D eigenvalue weighted by molar-refractivity contribution is 0.911. The highest BCUT2D eigenvalue weighted by atomic mass is 14.3. The van der Waals surface area contributed by atoms with Crippen LogP contribution in [-0.2, 0) is 38.5 Å². The molecular formula is C36H32. The van der Waals surface area contributed by atoms with Gasteiger partial charge in [0.15, 0.2) is 0 Å². The molecule has 0 spiro atoms. The minimum absolute atomic E-state index is 1.10. The lowest BCUT2D eigenvalue weighted by Gasteiger charge is -2.09. The smallest absolute Gasteiger partial charge is 0.00818 e. The fourth-order valence-corrected chi connectivity index (χ4v) is 6.62. The van der Waals surface area contributed by atoms with Gasteiger partial charge in [-0.05, 0) is 118 Å². The van der Waals surface area contributed by atoms with Crippen molar-refractivity contribution in [1.82, 2.24) is 0 Å².